The summed E-state index contributed by atoms with van der Waals surface area (Å²) >= 11 is 0. The van der Waals surface area contributed by atoms with E-state index in [1.807, 2.05) is 45.0 Å². The van der Waals surface area contributed by atoms with E-state index >= 15 is 0 Å². The zero-order valence-electron chi connectivity index (χ0n) is 16.1. The predicted octanol–water partition coefficient (Wildman–Crippen LogP) is 2.71. The fourth-order valence-electron chi connectivity index (χ4n) is 2.84. The topological polar surface area (TPSA) is 93.4 Å². The first-order chi connectivity index (χ1) is 11.9. The molecule has 2 amide bonds. The lowest BCUT2D eigenvalue weighted by Crippen LogP contribution is -2.53. The van der Waals surface area contributed by atoms with Gasteiger partial charge in [0.15, 0.2) is 0 Å². The fourth-order valence-corrected chi connectivity index (χ4v) is 2.84. The van der Waals surface area contributed by atoms with Crippen molar-refractivity contribution in [3.8, 4) is 5.75 Å². The lowest BCUT2D eigenvalue weighted by Gasteiger charge is -2.32. The molecule has 0 saturated heterocycles. The van der Waals surface area contributed by atoms with Crippen molar-refractivity contribution in [1.82, 2.24) is 10.6 Å². The summed E-state index contributed by atoms with van der Waals surface area (Å²) < 4.78 is 5.64. The van der Waals surface area contributed by atoms with E-state index in [0.29, 0.717) is 18.9 Å². The van der Waals surface area contributed by atoms with Crippen LogP contribution in [0.3, 0.4) is 0 Å². The Hall–Kier alpha value is -1.79. The summed E-state index contributed by atoms with van der Waals surface area (Å²) in [5, 5.41) is 5.90. The van der Waals surface area contributed by atoms with Crippen molar-refractivity contribution >= 4 is 24.2 Å². The van der Waals surface area contributed by atoms with Gasteiger partial charge >= 0.3 is 0 Å². The Balaban J connectivity index is 0.00000625. The molecule has 1 rings (SSSR count). The van der Waals surface area contributed by atoms with Crippen LogP contribution in [0, 0.1) is 0 Å². The van der Waals surface area contributed by atoms with Gasteiger partial charge in [-0.3, -0.25) is 9.59 Å². The third kappa shape index (κ3) is 6.84. The van der Waals surface area contributed by atoms with Gasteiger partial charge in [0, 0.05) is 19.0 Å². The number of rotatable bonds is 10. The largest absolute Gasteiger partial charge is 0.494 e. The number of ether oxygens (including phenoxy) is 1. The van der Waals surface area contributed by atoms with Gasteiger partial charge in [-0.1, -0.05) is 32.0 Å². The molecule has 7 heteroatoms. The van der Waals surface area contributed by atoms with Gasteiger partial charge < -0.3 is 21.1 Å². The molecule has 1 unspecified atom stereocenters. The standard InChI is InChI=1S/C19H31N3O3.ClH/c1-5-19(6-2,13-20)22-18(24)12-16(21-14(4)23)15-10-8-9-11-17(15)25-7-3;/h8-11,16H,5-7,12-13,20H2,1-4H3,(H,21,23)(H,22,24);1H. The second-order valence-corrected chi connectivity index (χ2v) is 6.17. The van der Waals surface area contributed by atoms with Crippen LogP contribution in [-0.4, -0.2) is 30.5 Å². The highest BCUT2D eigenvalue weighted by Crippen LogP contribution is 2.28. The Kier molecular flexibility index (Phi) is 10.9. The smallest absolute Gasteiger partial charge is 0.222 e. The minimum absolute atomic E-state index is 0. The number of nitrogens with two attached hydrogens (primary N) is 1. The van der Waals surface area contributed by atoms with E-state index in [2.05, 4.69) is 10.6 Å². The summed E-state index contributed by atoms with van der Waals surface area (Å²) in [6.45, 7) is 8.24. The maximum atomic E-state index is 12.6. The first-order valence-corrected chi connectivity index (χ1v) is 8.91. The van der Waals surface area contributed by atoms with Crippen molar-refractivity contribution in [3.05, 3.63) is 29.8 Å². The van der Waals surface area contributed by atoms with Crippen LogP contribution in [0.2, 0.25) is 0 Å². The van der Waals surface area contributed by atoms with Crippen LogP contribution in [0.5, 0.6) is 5.75 Å². The summed E-state index contributed by atoms with van der Waals surface area (Å²) in [6.07, 6.45) is 1.64. The number of para-hydroxylation sites is 1. The minimum atomic E-state index is -0.454. The molecule has 0 aromatic heterocycles. The third-order valence-corrected chi connectivity index (χ3v) is 4.51. The molecule has 0 bridgehead atoms. The molecule has 0 aliphatic carbocycles. The van der Waals surface area contributed by atoms with Gasteiger partial charge in [-0.15, -0.1) is 12.4 Å². The van der Waals surface area contributed by atoms with E-state index in [4.69, 9.17) is 10.5 Å². The van der Waals surface area contributed by atoms with Gasteiger partial charge in [0.1, 0.15) is 5.75 Å². The first-order valence-electron chi connectivity index (χ1n) is 8.91. The highest BCUT2D eigenvalue weighted by atomic mass is 35.5. The molecule has 1 atom stereocenters. The van der Waals surface area contributed by atoms with Crippen molar-refractivity contribution < 1.29 is 14.3 Å². The van der Waals surface area contributed by atoms with Gasteiger partial charge in [-0.25, -0.2) is 0 Å². The molecule has 26 heavy (non-hydrogen) atoms. The predicted molar refractivity (Wildman–Crippen MR) is 107 cm³/mol. The lowest BCUT2D eigenvalue weighted by atomic mass is 9.92. The summed E-state index contributed by atoms with van der Waals surface area (Å²) in [4.78, 5) is 24.2. The van der Waals surface area contributed by atoms with Gasteiger partial charge in [-0.05, 0) is 25.8 Å². The SMILES string of the molecule is CCOc1ccccc1C(CC(=O)NC(CC)(CC)CN)NC(C)=O.Cl. The van der Waals surface area contributed by atoms with Crippen LogP contribution in [0.15, 0.2) is 24.3 Å². The first kappa shape index (κ1) is 24.2. The zero-order valence-corrected chi connectivity index (χ0v) is 16.9. The Morgan fingerprint density at radius 2 is 1.81 bits per heavy atom. The quantitative estimate of drug-likeness (QED) is 0.577. The van der Waals surface area contributed by atoms with Crippen LogP contribution in [-0.2, 0) is 9.59 Å². The van der Waals surface area contributed by atoms with Crippen molar-refractivity contribution in [2.75, 3.05) is 13.2 Å². The van der Waals surface area contributed by atoms with Crippen molar-refractivity contribution in [2.45, 2.75) is 58.5 Å². The minimum Gasteiger partial charge on any atom is -0.494 e. The summed E-state index contributed by atoms with van der Waals surface area (Å²) in [6, 6.07) is 6.99. The van der Waals surface area contributed by atoms with E-state index in [0.717, 1.165) is 18.4 Å². The number of hydrogen-bond acceptors (Lipinski definition) is 4. The fraction of sp³-hybridized carbons (Fsp3) is 0.579. The Labute approximate surface area is 162 Å². The molecule has 1 aromatic rings. The summed E-state index contributed by atoms with van der Waals surface area (Å²) in [7, 11) is 0. The van der Waals surface area contributed by atoms with E-state index in [1.54, 1.807) is 0 Å². The Morgan fingerprint density at radius 1 is 1.19 bits per heavy atom. The number of carbonyl (C=O) groups excluding carboxylic acids is 2. The summed E-state index contributed by atoms with van der Waals surface area (Å²) in [5.41, 5.74) is 6.25. The van der Waals surface area contributed by atoms with Crippen LogP contribution in [0.1, 0.15) is 58.6 Å². The number of carbonyl (C=O) groups is 2. The highest BCUT2D eigenvalue weighted by molar-refractivity contribution is 5.85. The molecule has 1 aromatic carbocycles. The molecule has 4 N–H and O–H groups in total. The second kappa shape index (κ2) is 11.8. The Morgan fingerprint density at radius 3 is 2.31 bits per heavy atom. The van der Waals surface area contributed by atoms with Crippen molar-refractivity contribution in [3.63, 3.8) is 0 Å². The maximum absolute atomic E-state index is 12.6. The van der Waals surface area contributed by atoms with Crippen molar-refractivity contribution in [1.29, 1.82) is 0 Å². The van der Waals surface area contributed by atoms with E-state index in [-0.39, 0.29) is 30.6 Å². The molecule has 0 aliphatic rings. The molecule has 0 spiro atoms. The number of hydrogen-bond donors (Lipinski definition) is 3. The molecule has 0 fully saturated rings. The van der Waals surface area contributed by atoms with Crippen molar-refractivity contribution in [2.24, 2.45) is 5.73 Å². The van der Waals surface area contributed by atoms with Crippen LogP contribution in [0.25, 0.3) is 0 Å². The normalized spacial score (nSPS) is 11.9. The highest BCUT2D eigenvalue weighted by Gasteiger charge is 2.28. The summed E-state index contributed by atoms with van der Waals surface area (Å²) in [5.74, 6) is 0.340. The molecule has 148 valence electrons. The number of halogens is 1. The van der Waals surface area contributed by atoms with Crippen LogP contribution >= 0.6 is 12.4 Å². The van der Waals surface area contributed by atoms with Crippen LogP contribution < -0.4 is 21.1 Å². The zero-order chi connectivity index (χ0) is 18.9. The molecular formula is C19H32ClN3O3. The maximum Gasteiger partial charge on any atom is 0.222 e. The third-order valence-electron chi connectivity index (χ3n) is 4.51. The monoisotopic (exact) mass is 385 g/mol. The van der Waals surface area contributed by atoms with E-state index < -0.39 is 11.6 Å². The van der Waals surface area contributed by atoms with Gasteiger partial charge in [0.2, 0.25) is 11.8 Å². The van der Waals surface area contributed by atoms with Gasteiger partial charge in [0.05, 0.1) is 24.6 Å². The average Bonchev–Trinajstić information content (AvgIpc) is 2.59. The van der Waals surface area contributed by atoms with E-state index in [1.165, 1.54) is 6.92 Å². The Bertz CT molecular complexity index is 569. The van der Waals surface area contributed by atoms with Gasteiger partial charge in [0.25, 0.3) is 0 Å². The number of benzene rings is 1. The molecule has 0 aliphatic heterocycles. The van der Waals surface area contributed by atoms with Crippen LogP contribution in [0.4, 0.5) is 0 Å². The van der Waals surface area contributed by atoms with E-state index in [9.17, 15) is 9.59 Å². The molecule has 0 heterocycles. The average molecular weight is 386 g/mol. The number of amides is 2. The molecule has 6 nitrogen and oxygen atoms in total. The van der Waals surface area contributed by atoms with Gasteiger partial charge in [-0.2, -0.15) is 0 Å². The molecule has 0 saturated carbocycles. The molecule has 0 radical (unpaired) electrons. The second-order valence-electron chi connectivity index (χ2n) is 6.17. The molecular weight excluding hydrogens is 354 g/mol. The number of nitrogens with one attached hydrogen (secondary N) is 2. The lowest BCUT2D eigenvalue weighted by molar-refractivity contribution is -0.124.